The number of carbonyl (C=O) groups excluding carboxylic acids is 1. The molecule has 0 aliphatic carbocycles. The number of benzene rings is 1. The number of nitro groups is 1. The van der Waals surface area contributed by atoms with Crippen molar-refractivity contribution in [3.63, 3.8) is 0 Å². The van der Waals surface area contributed by atoms with Crippen molar-refractivity contribution in [2.75, 3.05) is 6.54 Å². The number of thiazole rings is 1. The highest BCUT2D eigenvalue weighted by Gasteiger charge is 2.35. The van der Waals surface area contributed by atoms with Crippen molar-refractivity contribution in [3.8, 4) is 0 Å². The number of aromatic nitrogens is 1. The SMILES string of the molecule is Cc1csc(Sc2ccc(C(=O)N3CCC[C@@H]3C(=O)O)cc2[N+](=O)[O-])n1. The third kappa shape index (κ3) is 3.70. The van der Waals surface area contributed by atoms with Gasteiger partial charge in [-0.2, -0.15) is 0 Å². The second kappa shape index (κ2) is 7.42. The molecule has 136 valence electrons. The van der Waals surface area contributed by atoms with E-state index in [1.165, 1.54) is 46.2 Å². The Kier molecular flexibility index (Phi) is 5.23. The van der Waals surface area contributed by atoms with E-state index in [2.05, 4.69) is 4.98 Å². The first kappa shape index (κ1) is 18.3. The summed E-state index contributed by atoms with van der Waals surface area (Å²) < 4.78 is 0.676. The molecule has 1 aliphatic heterocycles. The van der Waals surface area contributed by atoms with Crippen LogP contribution in [0, 0.1) is 17.0 Å². The summed E-state index contributed by atoms with van der Waals surface area (Å²) in [6.45, 7) is 2.17. The Labute approximate surface area is 157 Å². The number of hydrogen-bond acceptors (Lipinski definition) is 7. The Bertz CT molecular complexity index is 883. The van der Waals surface area contributed by atoms with Gasteiger partial charge in [0.2, 0.25) is 0 Å². The van der Waals surface area contributed by atoms with Crippen LogP contribution in [0.25, 0.3) is 0 Å². The van der Waals surface area contributed by atoms with Gasteiger partial charge in [0.05, 0.1) is 9.82 Å². The zero-order valence-corrected chi connectivity index (χ0v) is 15.4. The average molecular weight is 393 g/mol. The lowest BCUT2D eigenvalue weighted by Crippen LogP contribution is -2.40. The second-order valence-electron chi connectivity index (χ2n) is 5.79. The fourth-order valence-corrected chi connectivity index (χ4v) is 4.66. The molecule has 0 radical (unpaired) electrons. The Hall–Kier alpha value is -2.46. The Morgan fingerprint density at radius 2 is 2.23 bits per heavy atom. The average Bonchev–Trinajstić information content (AvgIpc) is 3.23. The first-order valence-electron chi connectivity index (χ1n) is 7.79. The van der Waals surface area contributed by atoms with Gasteiger partial charge in [-0.3, -0.25) is 14.9 Å². The molecule has 1 fully saturated rings. The van der Waals surface area contributed by atoms with Crippen molar-refractivity contribution >= 4 is 40.7 Å². The first-order chi connectivity index (χ1) is 12.4. The van der Waals surface area contributed by atoms with Crippen molar-refractivity contribution in [1.29, 1.82) is 0 Å². The first-order valence-corrected chi connectivity index (χ1v) is 9.48. The number of hydrogen-bond donors (Lipinski definition) is 1. The highest BCUT2D eigenvalue weighted by molar-refractivity contribution is 8.01. The van der Waals surface area contributed by atoms with Crippen molar-refractivity contribution in [3.05, 3.63) is 45.0 Å². The van der Waals surface area contributed by atoms with Gasteiger partial charge < -0.3 is 10.0 Å². The number of nitrogens with zero attached hydrogens (tertiary/aromatic N) is 3. The summed E-state index contributed by atoms with van der Waals surface area (Å²) in [6.07, 6.45) is 0.989. The van der Waals surface area contributed by atoms with Crippen LogP contribution in [0.15, 0.2) is 32.8 Å². The van der Waals surface area contributed by atoms with E-state index >= 15 is 0 Å². The molecule has 10 heteroatoms. The third-order valence-corrected chi connectivity index (χ3v) is 6.12. The molecular weight excluding hydrogens is 378 g/mol. The normalized spacial score (nSPS) is 16.7. The van der Waals surface area contributed by atoms with Crippen molar-refractivity contribution < 1.29 is 19.6 Å². The fourth-order valence-electron chi connectivity index (χ4n) is 2.79. The maximum Gasteiger partial charge on any atom is 0.326 e. The van der Waals surface area contributed by atoms with Crippen molar-refractivity contribution in [2.24, 2.45) is 0 Å². The summed E-state index contributed by atoms with van der Waals surface area (Å²) in [4.78, 5) is 40.7. The van der Waals surface area contributed by atoms with Crippen LogP contribution in [0.5, 0.6) is 0 Å². The molecular formula is C16H15N3O5S2. The summed E-state index contributed by atoms with van der Waals surface area (Å²) in [5, 5.41) is 22.5. The zero-order valence-electron chi connectivity index (χ0n) is 13.7. The molecule has 1 atom stereocenters. The number of aliphatic carboxylic acids is 1. The number of nitro benzene ring substituents is 1. The second-order valence-corrected chi connectivity index (χ2v) is 7.94. The van der Waals surface area contributed by atoms with E-state index in [1.807, 2.05) is 12.3 Å². The Balaban J connectivity index is 1.89. The number of rotatable bonds is 5. The molecule has 26 heavy (non-hydrogen) atoms. The maximum atomic E-state index is 12.6. The van der Waals surface area contributed by atoms with Gasteiger partial charge in [-0.1, -0.05) is 11.8 Å². The lowest BCUT2D eigenvalue weighted by molar-refractivity contribution is -0.387. The van der Waals surface area contributed by atoms with Crippen LogP contribution in [-0.4, -0.2) is 44.4 Å². The molecule has 0 spiro atoms. The van der Waals surface area contributed by atoms with Gasteiger partial charge in [0.15, 0.2) is 4.34 Å². The van der Waals surface area contributed by atoms with Crippen LogP contribution in [-0.2, 0) is 4.79 Å². The van der Waals surface area contributed by atoms with Gasteiger partial charge in [-0.05, 0) is 31.9 Å². The topological polar surface area (TPSA) is 114 Å². The van der Waals surface area contributed by atoms with Gasteiger partial charge in [0, 0.05) is 29.2 Å². The van der Waals surface area contributed by atoms with E-state index in [-0.39, 0.29) is 11.3 Å². The molecule has 0 bridgehead atoms. The van der Waals surface area contributed by atoms with Gasteiger partial charge >= 0.3 is 5.97 Å². The zero-order chi connectivity index (χ0) is 18.8. The minimum Gasteiger partial charge on any atom is -0.480 e. The van der Waals surface area contributed by atoms with Crippen LogP contribution in [0.4, 0.5) is 5.69 Å². The summed E-state index contributed by atoms with van der Waals surface area (Å²) in [6, 6.07) is 3.34. The number of carboxylic acid groups (broad SMARTS) is 1. The largest absolute Gasteiger partial charge is 0.480 e. The van der Waals surface area contributed by atoms with Gasteiger partial charge in [-0.25, -0.2) is 9.78 Å². The summed E-state index contributed by atoms with van der Waals surface area (Å²) in [5.74, 6) is -1.56. The number of aryl methyl sites for hydroxylation is 1. The number of carboxylic acids is 1. The molecule has 1 aliphatic rings. The van der Waals surface area contributed by atoms with Crippen LogP contribution in [0.2, 0.25) is 0 Å². The van der Waals surface area contributed by atoms with E-state index < -0.39 is 22.8 Å². The van der Waals surface area contributed by atoms with E-state index in [4.69, 9.17) is 0 Å². The molecule has 1 saturated heterocycles. The monoisotopic (exact) mass is 393 g/mol. The third-order valence-electron chi connectivity index (χ3n) is 4.00. The van der Waals surface area contributed by atoms with E-state index in [0.29, 0.717) is 28.6 Å². The van der Waals surface area contributed by atoms with Crippen LogP contribution < -0.4 is 0 Å². The molecule has 0 saturated carbocycles. The molecule has 2 heterocycles. The predicted octanol–water partition coefficient (Wildman–Crippen LogP) is 3.20. The summed E-state index contributed by atoms with van der Waals surface area (Å²) in [5.41, 5.74) is 0.755. The molecule has 1 aromatic heterocycles. The van der Waals surface area contributed by atoms with Crippen LogP contribution in [0.3, 0.4) is 0 Å². The number of amides is 1. The van der Waals surface area contributed by atoms with Gasteiger partial charge in [0.25, 0.3) is 11.6 Å². The van der Waals surface area contributed by atoms with E-state index in [0.717, 1.165) is 5.69 Å². The fraction of sp³-hybridized carbons (Fsp3) is 0.312. The predicted molar refractivity (Wildman–Crippen MR) is 95.8 cm³/mol. The molecule has 3 rings (SSSR count). The highest BCUT2D eigenvalue weighted by atomic mass is 32.2. The minimum atomic E-state index is -1.06. The lowest BCUT2D eigenvalue weighted by atomic mass is 10.1. The van der Waals surface area contributed by atoms with E-state index in [1.54, 1.807) is 0 Å². The number of carbonyl (C=O) groups is 2. The van der Waals surface area contributed by atoms with Crippen LogP contribution in [0.1, 0.15) is 28.9 Å². The smallest absolute Gasteiger partial charge is 0.326 e. The maximum absolute atomic E-state index is 12.6. The molecule has 0 unspecified atom stereocenters. The van der Waals surface area contributed by atoms with Crippen LogP contribution >= 0.6 is 23.1 Å². The minimum absolute atomic E-state index is 0.115. The molecule has 1 aromatic carbocycles. The molecule has 1 amide bonds. The number of likely N-dealkylation sites (tertiary alicyclic amines) is 1. The molecule has 8 nitrogen and oxygen atoms in total. The highest BCUT2D eigenvalue weighted by Crippen LogP contribution is 2.37. The lowest BCUT2D eigenvalue weighted by Gasteiger charge is -2.21. The standard InChI is InChI=1S/C16H15N3O5S2/c1-9-8-25-16(17-9)26-13-5-4-10(7-12(13)19(23)24)14(20)18-6-2-3-11(18)15(21)22/h4-5,7-8,11H,2-3,6H2,1H3,(H,21,22)/t11-/m1/s1. The van der Waals surface area contributed by atoms with E-state index in [9.17, 15) is 24.8 Å². The Morgan fingerprint density at radius 3 is 2.85 bits per heavy atom. The summed E-state index contributed by atoms with van der Waals surface area (Å²) in [7, 11) is 0. The van der Waals surface area contributed by atoms with Gasteiger partial charge in [-0.15, -0.1) is 11.3 Å². The summed E-state index contributed by atoms with van der Waals surface area (Å²) >= 11 is 2.56. The van der Waals surface area contributed by atoms with Gasteiger partial charge in [0.1, 0.15) is 6.04 Å². The van der Waals surface area contributed by atoms with Crippen molar-refractivity contribution in [1.82, 2.24) is 9.88 Å². The quantitative estimate of drug-likeness (QED) is 0.613. The van der Waals surface area contributed by atoms with Crippen molar-refractivity contribution in [2.45, 2.75) is 35.0 Å². The molecule has 1 N–H and O–H groups in total. The Morgan fingerprint density at radius 1 is 1.46 bits per heavy atom. The molecule has 2 aromatic rings.